The molecule has 2 rings (SSSR count). The maximum absolute atomic E-state index is 8.67. The summed E-state index contributed by atoms with van der Waals surface area (Å²) < 4.78 is 5.69. The molecule has 3 nitrogen and oxygen atoms in total. The van der Waals surface area contributed by atoms with Gasteiger partial charge in [0, 0.05) is 13.2 Å². The number of allylic oxidation sites excluding steroid dienone is 4. The van der Waals surface area contributed by atoms with Crippen molar-refractivity contribution in [2.75, 3.05) is 32.9 Å². The zero-order valence-electron chi connectivity index (χ0n) is 12.3. The van der Waals surface area contributed by atoms with Crippen LogP contribution in [0, 0.1) is 5.92 Å². The molecule has 1 atom stereocenters. The zero-order valence-corrected chi connectivity index (χ0v) is 12.3. The second-order valence-corrected chi connectivity index (χ2v) is 5.58. The third kappa shape index (κ3) is 6.04. The maximum Gasteiger partial charge on any atom is 0.0682 e. The fourth-order valence-electron chi connectivity index (χ4n) is 2.52. The smallest absolute Gasteiger partial charge is 0.0682 e. The molecule has 0 fully saturated rings. The highest BCUT2D eigenvalue weighted by Gasteiger charge is 2.22. The highest BCUT2D eigenvalue weighted by molar-refractivity contribution is 5.29. The number of hydrogen-bond donors (Lipinski definition) is 2. The quantitative estimate of drug-likeness (QED) is 0.425. The number of rotatable bonds is 12. The van der Waals surface area contributed by atoms with E-state index in [4.69, 9.17) is 9.84 Å². The van der Waals surface area contributed by atoms with Crippen molar-refractivity contribution in [2.45, 2.75) is 32.1 Å². The molecule has 0 heterocycles. The molecule has 2 aliphatic rings. The molecule has 20 heavy (non-hydrogen) atoms. The Bertz CT molecular complexity index is 371. The molecule has 0 aromatic carbocycles. The van der Waals surface area contributed by atoms with E-state index in [1.54, 1.807) is 5.57 Å². The van der Waals surface area contributed by atoms with Crippen LogP contribution in [0.1, 0.15) is 32.1 Å². The first-order valence-electron chi connectivity index (χ1n) is 7.84. The minimum Gasteiger partial charge on any atom is -0.396 e. The molecular weight excluding hydrogens is 250 g/mol. The van der Waals surface area contributed by atoms with Gasteiger partial charge in [-0.3, -0.25) is 0 Å². The van der Waals surface area contributed by atoms with Gasteiger partial charge >= 0.3 is 0 Å². The minimum atomic E-state index is 0.283. The van der Waals surface area contributed by atoms with E-state index in [0.717, 1.165) is 57.9 Å². The van der Waals surface area contributed by atoms with Crippen LogP contribution < -0.4 is 5.32 Å². The first-order valence-corrected chi connectivity index (χ1v) is 7.84. The van der Waals surface area contributed by atoms with Gasteiger partial charge in [-0.25, -0.2) is 0 Å². The lowest BCUT2D eigenvalue weighted by Gasteiger charge is -2.05. The van der Waals surface area contributed by atoms with E-state index in [1.807, 2.05) is 0 Å². The van der Waals surface area contributed by atoms with E-state index in [1.165, 1.54) is 12.0 Å². The average molecular weight is 277 g/mol. The monoisotopic (exact) mass is 277 g/mol. The van der Waals surface area contributed by atoms with Crippen molar-refractivity contribution in [3.05, 3.63) is 35.5 Å². The van der Waals surface area contributed by atoms with Crippen LogP contribution in [0.5, 0.6) is 0 Å². The van der Waals surface area contributed by atoms with Gasteiger partial charge in [-0.15, -0.1) is 0 Å². The Hall–Kier alpha value is -0.900. The van der Waals surface area contributed by atoms with Crippen LogP contribution in [0.3, 0.4) is 0 Å². The van der Waals surface area contributed by atoms with Crippen LogP contribution in [0.25, 0.3) is 0 Å². The van der Waals surface area contributed by atoms with Gasteiger partial charge in [-0.2, -0.15) is 0 Å². The Balaban J connectivity index is 1.35. The van der Waals surface area contributed by atoms with Crippen molar-refractivity contribution >= 4 is 0 Å². The summed E-state index contributed by atoms with van der Waals surface area (Å²) in [6.45, 7) is 3.93. The lowest BCUT2D eigenvalue weighted by atomic mass is 10.1. The van der Waals surface area contributed by atoms with Gasteiger partial charge in [0.05, 0.1) is 6.61 Å². The molecule has 2 N–H and O–H groups in total. The number of hydrogen-bond acceptors (Lipinski definition) is 3. The predicted octanol–water partition coefficient (Wildman–Crippen LogP) is 2.59. The molecule has 0 spiro atoms. The lowest BCUT2D eigenvalue weighted by Crippen LogP contribution is -2.17. The lowest BCUT2D eigenvalue weighted by molar-refractivity contribution is 0.150. The van der Waals surface area contributed by atoms with Crippen molar-refractivity contribution in [2.24, 2.45) is 5.92 Å². The Morgan fingerprint density at radius 2 is 2.25 bits per heavy atom. The second-order valence-electron chi connectivity index (χ2n) is 5.58. The van der Waals surface area contributed by atoms with Crippen molar-refractivity contribution < 1.29 is 9.84 Å². The fourth-order valence-corrected chi connectivity index (χ4v) is 2.52. The van der Waals surface area contributed by atoms with E-state index in [9.17, 15) is 0 Å². The van der Waals surface area contributed by atoms with Gasteiger partial charge in [0.25, 0.3) is 0 Å². The molecule has 0 radical (unpaired) electrons. The topological polar surface area (TPSA) is 41.5 Å². The Kier molecular flexibility index (Phi) is 7.06. The molecule has 0 aromatic heterocycles. The highest BCUT2D eigenvalue weighted by Crippen LogP contribution is 2.35. The number of ether oxygens (including phenoxy) is 1. The Morgan fingerprint density at radius 1 is 1.30 bits per heavy atom. The summed E-state index contributed by atoms with van der Waals surface area (Å²) in [6.07, 6.45) is 14.3. The van der Waals surface area contributed by atoms with E-state index in [2.05, 4.69) is 29.6 Å². The summed E-state index contributed by atoms with van der Waals surface area (Å²) >= 11 is 0. The molecule has 0 aromatic rings. The number of aliphatic hydroxyl groups is 1. The molecular formula is C17H27NO2. The minimum absolute atomic E-state index is 0.283. The van der Waals surface area contributed by atoms with E-state index in [0.29, 0.717) is 0 Å². The molecule has 0 amide bonds. The van der Waals surface area contributed by atoms with Gasteiger partial charge in [0.1, 0.15) is 0 Å². The molecule has 0 bridgehead atoms. The Morgan fingerprint density at radius 3 is 3.05 bits per heavy atom. The van der Waals surface area contributed by atoms with Gasteiger partial charge in [0.15, 0.2) is 0 Å². The molecule has 1 unspecified atom stereocenters. The molecule has 3 heteroatoms. The second kappa shape index (κ2) is 9.11. The van der Waals surface area contributed by atoms with Crippen molar-refractivity contribution in [3.63, 3.8) is 0 Å². The van der Waals surface area contributed by atoms with Crippen LogP contribution in [0.15, 0.2) is 35.5 Å². The summed E-state index contributed by atoms with van der Waals surface area (Å²) in [6, 6.07) is 0. The zero-order chi connectivity index (χ0) is 14.0. The van der Waals surface area contributed by atoms with E-state index >= 15 is 0 Å². The van der Waals surface area contributed by atoms with Crippen LogP contribution >= 0.6 is 0 Å². The summed E-state index contributed by atoms with van der Waals surface area (Å²) in [5.74, 6) is 0.741. The standard InChI is InChI=1S/C17H27NO2/c19-11-4-9-18-10-8-17-13-16(17)7-3-12-20-14-15-5-1-2-6-15/h1-2,5,13,16,18-19H,3-4,6-12,14H2. The largest absolute Gasteiger partial charge is 0.396 e. The predicted molar refractivity (Wildman–Crippen MR) is 82.7 cm³/mol. The van der Waals surface area contributed by atoms with Gasteiger partial charge in [0.2, 0.25) is 0 Å². The molecule has 0 saturated carbocycles. The summed E-state index contributed by atoms with van der Waals surface area (Å²) in [5.41, 5.74) is 2.99. The number of nitrogens with one attached hydrogen (secondary N) is 1. The number of aliphatic hydroxyl groups excluding tert-OH is 1. The van der Waals surface area contributed by atoms with E-state index < -0.39 is 0 Å². The third-order valence-corrected chi connectivity index (χ3v) is 3.82. The van der Waals surface area contributed by atoms with Crippen LogP contribution in [-0.2, 0) is 4.74 Å². The highest BCUT2D eigenvalue weighted by atomic mass is 16.5. The van der Waals surface area contributed by atoms with Gasteiger partial charge in [-0.05, 0) is 56.7 Å². The SMILES string of the molecule is OCCCNCCC1=CC1CCCOCC1=CC=CC1. The van der Waals surface area contributed by atoms with Crippen molar-refractivity contribution in [3.8, 4) is 0 Å². The molecule has 0 saturated heterocycles. The average Bonchev–Trinajstić information content (AvgIpc) is 2.98. The normalized spacial score (nSPS) is 20.1. The van der Waals surface area contributed by atoms with Crippen LogP contribution in [0.2, 0.25) is 0 Å². The summed E-state index contributed by atoms with van der Waals surface area (Å²) in [5, 5.41) is 12.0. The first kappa shape index (κ1) is 15.5. The summed E-state index contributed by atoms with van der Waals surface area (Å²) in [4.78, 5) is 0. The maximum atomic E-state index is 8.67. The Labute approximate surface area is 122 Å². The van der Waals surface area contributed by atoms with Gasteiger partial charge in [-0.1, -0.05) is 29.9 Å². The van der Waals surface area contributed by atoms with Crippen LogP contribution in [-0.4, -0.2) is 38.0 Å². The van der Waals surface area contributed by atoms with Crippen molar-refractivity contribution in [1.29, 1.82) is 0 Å². The van der Waals surface area contributed by atoms with Gasteiger partial charge < -0.3 is 15.2 Å². The molecule has 112 valence electrons. The fraction of sp³-hybridized carbons (Fsp3) is 0.647. The van der Waals surface area contributed by atoms with Crippen molar-refractivity contribution in [1.82, 2.24) is 5.32 Å². The third-order valence-electron chi connectivity index (χ3n) is 3.82. The first-order chi connectivity index (χ1) is 9.90. The summed E-state index contributed by atoms with van der Waals surface area (Å²) in [7, 11) is 0. The van der Waals surface area contributed by atoms with Crippen LogP contribution in [0.4, 0.5) is 0 Å². The molecule has 2 aliphatic carbocycles. The van der Waals surface area contributed by atoms with E-state index in [-0.39, 0.29) is 6.61 Å². The molecule has 0 aliphatic heterocycles.